The predicted octanol–water partition coefficient (Wildman–Crippen LogP) is 4.22. The Labute approximate surface area is 149 Å². The zero-order chi connectivity index (χ0) is 18.1. The van der Waals surface area contributed by atoms with Crippen molar-refractivity contribution in [1.82, 2.24) is 5.01 Å². The molecule has 1 aliphatic rings. The Bertz CT molecular complexity index is 933. The molecule has 0 radical (unpaired) electrons. The summed E-state index contributed by atoms with van der Waals surface area (Å²) in [6, 6.07) is 11.4. The Morgan fingerprint density at radius 3 is 2.48 bits per heavy atom. The first-order valence-corrected chi connectivity index (χ1v) is 7.87. The molecule has 2 aromatic rings. The normalized spacial score (nSPS) is 13.5. The molecule has 0 N–H and O–H groups in total. The topological polar surface area (TPSA) is 75.8 Å². The molecule has 1 amide bonds. The van der Waals surface area contributed by atoms with Crippen molar-refractivity contribution in [1.29, 1.82) is 0 Å². The predicted molar refractivity (Wildman–Crippen MR) is 96.4 cm³/mol. The number of hydrogen-bond donors (Lipinski definition) is 0. The molecule has 7 heteroatoms. The lowest BCUT2D eigenvalue weighted by Crippen LogP contribution is -2.22. The first-order chi connectivity index (χ1) is 11.9. The summed E-state index contributed by atoms with van der Waals surface area (Å²) in [6.45, 7) is 3.21. The van der Waals surface area contributed by atoms with Crippen molar-refractivity contribution in [2.45, 2.75) is 13.8 Å². The molecule has 3 rings (SSSR count). The number of benzene rings is 2. The maximum Gasteiger partial charge on any atom is 0.269 e. The minimum absolute atomic E-state index is 0.00738. The number of nitro groups is 1. The summed E-state index contributed by atoms with van der Waals surface area (Å²) in [7, 11) is 0. The smallest absolute Gasteiger partial charge is 0.269 e. The van der Waals surface area contributed by atoms with Gasteiger partial charge in [-0.3, -0.25) is 14.9 Å². The number of halogens is 1. The van der Waals surface area contributed by atoms with Gasteiger partial charge in [-0.15, -0.1) is 0 Å². The van der Waals surface area contributed by atoms with Crippen LogP contribution in [-0.2, 0) is 4.79 Å². The number of allylic oxidation sites excluding steroid dienone is 1. The van der Waals surface area contributed by atoms with Gasteiger partial charge in [-0.05, 0) is 42.8 Å². The Hall–Kier alpha value is -2.99. The van der Waals surface area contributed by atoms with E-state index in [0.717, 1.165) is 11.1 Å². The number of nitrogens with zero attached hydrogens (tertiary/aromatic N) is 3. The molecule has 0 saturated carbocycles. The fourth-order valence-electron chi connectivity index (χ4n) is 2.66. The van der Waals surface area contributed by atoms with Crippen LogP contribution in [0.25, 0.3) is 6.08 Å². The van der Waals surface area contributed by atoms with Crippen LogP contribution in [0.15, 0.2) is 53.3 Å². The molecule has 6 nitrogen and oxygen atoms in total. The number of non-ortho nitro benzene ring substituents is 1. The molecular formula is C18H14ClN3O3. The zero-order valence-corrected chi connectivity index (χ0v) is 14.3. The van der Waals surface area contributed by atoms with Crippen molar-refractivity contribution in [2.24, 2.45) is 5.10 Å². The molecule has 0 unspecified atom stereocenters. The van der Waals surface area contributed by atoms with Gasteiger partial charge in [-0.2, -0.15) is 5.10 Å². The SMILES string of the molecule is CC(=O)N1N=C(c2ccc([N+](=O)[O-])cc2)c2ccc(Cl)cc2C=C1C. The summed E-state index contributed by atoms with van der Waals surface area (Å²) in [5.74, 6) is -0.230. The van der Waals surface area contributed by atoms with Crippen LogP contribution in [0.5, 0.6) is 0 Å². The van der Waals surface area contributed by atoms with Gasteiger partial charge in [0.1, 0.15) is 0 Å². The second-order valence-corrected chi connectivity index (χ2v) is 6.04. The highest BCUT2D eigenvalue weighted by molar-refractivity contribution is 6.31. The average Bonchev–Trinajstić information content (AvgIpc) is 2.70. The van der Waals surface area contributed by atoms with Gasteiger partial charge in [0.15, 0.2) is 0 Å². The Morgan fingerprint density at radius 2 is 1.88 bits per heavy atom. The quantitative estimate of drug-likeness (QED) is 0.597. The van der Waals surface area contributed by atoms with Gasteiger partial charge in [0.25, 0.3) is 5.69 Å². The van der Waals surface area contributed by atoms with Gasteiger partial charge in [-0.1, -0.05) is 17.7 Å². The molecule has 1 heterocycles. The fraction of sp³-hybridized carbons (Fsp3) is 0.111. The second kappa shape index (κ2) is 6.49. The third-order valence-corrected chi connectivity index (χ3v) is 4.05. The lowest BCUT2D eigenvalue weighted by molar-refractivity contribution is -0.384. The van der Waals surface area contributed by atoms with Crippen LogP contribution >= 0.6 is 11.6 Å². The number of hydrazone groups is 1. The van der Waals surface area contributed by atoms with E-state index < -0.39 is 4.92 Å². The highest BCUT2D eigenvalue weighted by atomic mass is 35.5. The van der Waals surface area contributed by atoms with E-state index in [1.54, 1.807) is 31.2 Å². The molecule has 0 spiro atoms. The van der Waals surface area contributed by atoms with Crippen LogP contribution in [0.4, 0.5) is 5.69 Å². The third kappa shape index (κ3) is 3.29. The molecular weight excluding hydrogens is 342 g/mol. The van der Waals surface area contributed by atoms with Crippen molar-refractivity contribution >= 4 is 35.0 Å². The zero-order valence-electron chi connectivity index (χ0n) is 13.6. The molecule has 126 valence electrons. The lowest BCUT2D eigenvalue weighted by atomic mass is 9.97. The van der Waals surface area contributed by atoms with Crippen molar-refractivity contribution in [3.8, 4) is 0 Å². The fourth-order valence-corrected chi connectivity index (χ4v) is 2.84. The van der Waals surface area contributed by atoms with Gasteiger partial charge in [-0.25, -0.2) is 5.01 Å². The van der Waals surface area contributed by atoms with E-state index >= 15 is 0 Å². The van der Waals surface area contributed by atoms with Crippen molar-refractivity contribution in [3.63, 3.8) is 0 Å². The monoisotopic (exact) mass is 355 g/mol. The van der Waals surface area contributed by atoms with Crippen LogP contribution < -0.4 is 0 Å². The summed E-state index contributed by atoms with van der Waals surface area (Å²) in [4.78, 5) is 22.4. The number of rotatable bonds is 2. The maximum atomic E-state index is 12.0. The van der Waals surface area contributed by atoms with Crippen LogP contribution in [0, 0.1) is 10.1 Å². The molecule has 0 bridgehead atoms. The van der Waals surface area contributed by atoms with Crippen molar-refractivity contribution < 1.29 is 9.72 Å². The number of nitro benzene ring substituents is 1. The van der Waals surface area contributed by atoms with Crippen molar-refractivity contribution in [2.75, 3.05) is 0 Å². The molecule has 0 aromatic heterocycles. The first kappa shape index (κ1) is 16.9. The van der Waals surface area contributed by atoms with E-state index in [1.165, 1.54) is 24.1 Å². The highest BCUT2D eigenvalue weighted by Gasteiger charge is 2.21. The van der Waals surface area contributed by atoms with Gasteiger partial charge >= 0.3 is 0 Å². The molecule has 25 heavy (non-hydrogen) atoms. The molecule has 0 atom stereocenters. The Balaban J connectivity index is 2.21. The second-order valence-electron chi connectivity index (χ2n) is 5.60. The van der Waals surface area contributed by atoms with E-state index in [2.05, 4.69) is 5.10 Å². The lowest BCUT2D eigenvalue weighted by Gasteiger charge is -2.15. The van der Waals surface area contributed by atoms with E-state index in [4.69, 9.17) is 11.6 Å². The minimum Gasteiger partial charge on any atom is -0.273 e. The van der Waals surface area contributed by atoms with Gasteiger partial charge in [0.2, 0.25) is 5.91 Å². The van der Waals surface area contributed by atoms with E-state index in [-0.39, 0.29) is 11.6 Å². The number of fused-ring (bicyclic) bond motifs is 1. The number of amides is 1. The van der Waals surface area contributed by atoms with E-state index in [1.807, 2.05) is 12.1 Å². The summed E-state index contributed by atoms with van der Waals surface area (Å²) in [6.07, 6.45) is 1.84. The Kier molecular flexibility index (Phi) is 4.37. The maximum absolute atomic E-state index is 12.0. The minimum atomic E-state index is -0.458. The largest absolute Gasteiger partial charge is 0.273 e. The van der Waals surface area contributed by atoms with Crippen LogP contribution in [0.3, 0.4) is 0 Å². The molecule has 0 aliphatic carbocycles. The summed E-state index contributed by atoms with van der Waals surface area (Å²) < 4.78 is 0. The number of carbonyl (C=O) groups is 1. The van der Waals surface area contributed by atoms with Crippen LogP contribution in [-0.4, -0.2) is 21.6 Å². The van der Waals surface area contributed by atoms with Gasteiger partial charge in [0, 0.05) is 40.9 Å². The Morgan fingerprint density at radius 1 is 1.20 bits per heavy atom. The van der Waals surface area contributed by atoms with Gasteiger partial charge < -0.3 is 0 Å². The van der Waals surface area contributed by atoms with E-state index in [9.17, 15) is 14.9 Å². The number of carbonyl (C=O) groups excluding carboxylic acids is 1. The molecule has 0 fully saturated rings. The highest BCUT2D eigenvalue weighted by Crippen LogP contribution is 2.27. The van der Waals surface area contributed by atoms with Crippen molar-refractivity contribution in [3.05, 3.63) is 80.0 Å². The van der Waals surface area contributed by atoms with Gasteiger partial charge in [0.05, 0.1) is 10.6 Å². The van der Waals surface area contributed by atoms with E-state index in [0.29, 0.717) is 22.0 Å². The van der Waals surface area contributed by atoms with Crippen LogP contribution in [0.1, 0.15) is 30.5 Å². The summed E-state index contributed by atoms with van der Waals surface area (Å²) in [5.41, 5.74) is 3.49. The molecule has 1 aliphatic heterocycles. The standard InChI is InChI=1S/C18H14ClN3O3/c1-11-9-14-10-15(19)5-8-17(14)18(20-21(11)12(2)23)13-3-6-16(7-4-13)22(24)25/h3-10H,1-2H3. The molecule has 2 aromatic carbocycles. The first-order valence-electron chi connectivity index (χ1n) is 7.49. The summed E-state index contributed by atoms with van der Waals surface area (Å²) in [5, 5.41) is 17.2. The summed E-state index contributed by atoms with van der Waals surface area (Å²) >= 11 is 6.10. The number of hydrogen-bond acceptors (Lipinski definition) is 4. The third-order valence-electron chi connectivity index (χ3n) is 3.82. The molecule has 0 saturated heterocycles. The van der Waals surface area contributed by atoms with Crippen LogP contribution in [0.2, 0.25) is 5.02 Å². The average molecular weight is 356 g/mol.